The molecule has 0 aliphatic carbocycles. The molecule has 2 atom stereocenters. The third kappa shape index (κ3) is 2.91. The summed E-state index contributed by atoms with van der Waals surface area (Å²) in [4.78, 5) is 23.2. The Balaban J connectivity index is 1.43. The average molecular weight is 395 g/mol. The number of aromatic nitrogens is 2. The van der Waals surface area contributed by atoms with Crippen LogP contribution in [-0.4, -0.2) is 51.5 Å². The van der Waals surface area contributed by atoms with Crippen molar-refractivity contribution in [3.8, 4) is 5.88 Å². The second kappa shape index (κ2) is 7.07. The van der Waals surface area contributed by atoms with Gasteiger partial charge >= 0.3 is 0 Å². The van der Waals surface area contributed by atoms with Crippen LogP contribution in [0.3, 0.4) is 0 Å². The minimum atomic E-state index is 0.125. The summed E-state index contributed by atoms with van der Waals surface area (Å²) in [6.45, 7) is 3.19. The lowest BCUT2D eigenvalue weighted by molar-refractivity contribution is 0.0559. The Hall–Kier alpha value is -2.64. The minimum absolute atomic E-state index is 0.125. The molecule has 28 heavy (non-hydrogen) atoms. The summed E-state index contributed by atoms with van der Waals surface area (Å²) in [5.41, 5.74) is 1.87. The van der Waals surface area contributed by atoms with Gasteiger partial charge in [0, 0.05) is 42.5 Å². The molecule has 144 valence electrons. The molecule has 2 aliphatic rings. The van der Waals surface area contributed by atoms with Crippen LogP contribution in [-0.2, 0) is 13.1 Å². The number of fused-ring (bicyclic) bond motifs is 3. The Morgan fingerprint density at radius 3 is 2.86 bits per heavy atom. The normalized spacial score (nSPS) is 21.6. The first kappa shape index (κ1) is 17.5. The van der Waals surface area contributed by atoms with Crippen molar-refractivity contribution in [2.45, 2.75) is 25.2 Å². The van der Waals surface area contributed by atoms with E-state index in [9.17, 15) is 4.79 Å². The number of hydrogen-bond acceptors (Lipinski definition) is 5. The molecule has 7 heteroatoms. The highest BCUT2D eigenvalue weighted by molar-refractivity contribution is 7.09. The summed E-state index contributed by atoms with van der Waals surface area (Å²) in [5.74, 6) is 0.797. The van der Waals surface area contributed by atoms with Crippen LogP contribution in [0.5, 0.6) is 5.88 Å². The van der Waals surface area contributed by atoms with Gasteiger partial charge in [-0.05, 0) is 29.6 Å². The van der Waals surface area contributed by atoms with E-state index in [0.29, 0.717) is 12.4 Å². The molecule has 0 spiro atoms. The lowest BCUT2D eigenvalue weighted by atomic mass is 10.1. The van der Waals surface area contributed by atoms with Crippen molar-refractivity contribution in [1.82, 2.24) is 19.4 Å². The van der Waals surface area contributed by atoms with Crippen molar-refractivity contribution >= 4 is 17.2 Å². The van der Waals surface area contributed by atoms with Gasteiger partial charge in [0.1, 0.15) is 5.69 Å². The number of thiophene rings is 1. The molecule has 5 rings (SSSR count). The molecule has 2 aliphatic heterocycles. The monoisotopic (exact) mass is 394 g/mol. The van der Waals surface area contributed by atoms with Crippen LogP contribution in [0.2, 0.25) is 0 Å². The van der Waals surface area contributed by atoms with Gasteiger partial charge in [-0.25, -0.2) is 4.98 Å². The Morgan fingerprint density at radius 2 is 2.04 bits per heavy atom. The fourth-order valence-corrected chi connectivity index (χ4v) is 5.15. The van der Waals surface area contributed by atoms with Crippen molar-refractivity contribution in [3.63, 3.8) is 0 Å². The fraction of sp³-hybridized carbons (Fsp3) is 0.333. The Morgan fingerprint density at radius 1 is 1.14 bits per heavy atom. The van der Waals surface area contributed by atoms with Gasteiger partial charge in [0.05, 0.1) is 25.7 Å². The molecule has 3 aromatic rings. The number of amides is 1. The van der Waals surface area contributed by atoms with E-state index in [1.165, 1.54) is 4.88 Å². The van der Waals surface area contributed by atoms with Crippen LogP contribution in [0.25, 0.3) is 0 Å². The smallest absolute Gasteiger partial charge is 0.271 e. The summed E-state index contributed by atoms with van der Waals surface area (Å²) >= 11 is 1.71. The number of hydrogen-bond donors (Lipinski definition) is 0. The predicted octanol–water partition coefficient (Wildman–Crippen LogP) is 3.03. The summed E-state index contributed by atoms with van der Waals surface area (Å²) in [6, 6.07) is 12.5. The maximum atomic E-state index is 13.2. The third-order valence-electron chi connectivity index (χ3n) is 5.69. The highest BCUT2D eigenvalue weighted by Crippen LogP contribution is 2.36. The molecule has 0 radical (unpaired) electrons. The molecule has 5 heterocycles. The van der Waals surface area contributed by atoms with Crippen molar-refractivity contribution in [1.29, 1.82) is 0 Å². The van der Waals surface area contributed by atoms with Crippen LogP contribution in [0.1, 0.15) is 27.0 Å². The molecule has 0 saturated carbocycles. The second-order valence-corrected chi connectivity index (χ2v) is 8.35. The molecule has 0 aromatic carbocycles. The quantitative estimate of drug-likeness (QED) is 0.668. The van der Waals surface area contributed by atoms with Crippen LogP contribution in [0.4, 0.5) is 0 Å². The van der Waals surface area contributed by atoms with Crippen LogP contribution < -0.4 is 4.74 Å². The number of carbonyl (C=O) groups excluding carboxylic acids is 1. The molecular formula is C21H22N4O2S. The van der Waals surface area contributed by atoms with Gasteiger partial charge in [-0.1, -0.05) is 12.1 Å². The van der Waals surface area contributed by atoms with Gasteiger partial charge in [-0.3, -0.25) is 9.69 Å². The Kier molecular flexibility index (Phi) is 4.41. The second-order valence-electron chi connectivity index (χ2n) is 7.31. The topological polar surface area (TPSA) is 50.6 Å². The standard InChI is InChI=1S/C21H22N4O2S/c1-27-20-15(5-2-8-22-20)11-23-13-18-19(14-23)25(12-16-6-4-10-28-16)21(26)17-7-3-9-24(17)18/h2-10,18-19H,11-14H2,1H3/t18-,19-/m0/s1. The zero-order chi connectivity index (χ0) is 19.1. The van der Waals surface area contributed by atoms with Crippen molar-refractivity contribution in [2.24, 2.45) is 0 Å². The fourth-order valence-electron chi connectivity index (χ4n) is 4.45. The van der Waals surface area contributed by atoms with E-state index >= 15 is 0 Å². The molecule has 1 fully saturated rings. The van der Waals surface area contributed by atoms with Crippen molar-refractivity contribution in [2.75, 3.05) is 20.2 Å². The van der Waals surface area contributed by atoms with Gasteiger partial charge in [-0.15, -0.1) is 11.3 Å². The number of pyridine rings is 1. The molecule has 0 N–H and O–H groups in total. The van der Waals surface area contributed by atoms with E-state index in [-0.39, 0.29) is 18.0 Å². The summed E-state index contributed by atoms with van der Waals surface area (Å²) < 4.78 is 7.59. The maximum Gasteiger partial charge on any atom is 0.271 e. The first-order chi connectivity index (χ1) is 13.7. The molecule has 1 saturated heterocycles. The molecule has 3 aromatic heterocycles. The third-order valence-corrected chi connectivity index (χ3v) is 6.56. The number of likely N-dealkylation sites (tertiary alicyclic amines) is 1. The van der Waals surface area contributed by atoms with E-state index < -0.39 is 0 Å². The summed E-state index contributed by atoms with van der Waals surface area (Å²) in [5, 5.41) is 2.07. The molecular weight excluding hydrogens is 372 g/mol. The van der Waals surface area contributed by atoms with E-state index in [1.807, 2.05) is 30.5 Å². The lowest BCUT2D eigenvalue weighted by Gasteiger charge is -2.38. The van der Waals surface area contributed by atoms with Crippen LogP contribution in [0.15, 0.2) is 54.2 Å². The van der Waals surface area contributed by atoms with Crippen molar-refractivity contribution in [3.05, 3.63) is 70.3 Å². The zero-order valence-corrected chi connectivity index (χ0v) is 16.5. The maximum absolute atomic E-state index is 13.2. The molecule has 1 amide bonds. The lowest BCUT2D eigenvalue weighted by Crippen LogP contribution is -2.49. The molecule has 6 nitrogen and oxygen atoms in total. The van der Waals surface area contributed by atoms with Gasteiger partial charge in [0.15, 0.2) is 0 Å². The molecule has 0 bridgehead atoms. The summed E-state index contributed by atoms with van der Waals surface area (Å²) in [7, 11) is 1.66. The van der Waals surface area contributed by atoms with Crippen LogP contribution in [0, 0.1) is 0 Å². The number of nitrogens with zero attached hydrogens (tertiary/aromatic N) is 4. The SMILES string of the molecule is COc1ncccc1CN1C[C@H]2[C@H](C1)n1cccc1C(=O)N2Cc1cccs1. The molecule has 0 unspecified atom stereocenters. The van der Waals surface area contributed by atoms with Gasteiger partial charge in [0.25, 0.3) is 5.91 Å². The Labute approximate surface area is 168 Å². The highest BCUT2D eigenvalue weighted by atomic mass is 32.1. The first-order valence-corrected chi connectivity index (χ1v) is 10.3. The number of ether oxygens (including phenoxy) is 1. The zero-order valence-electron chi connectivity index (χ0n) is 15.7. The van der Waals surface area contributed by atoms with E-state index in [4.69, 9.17) is 4.74 Å². The number of methoxy groups -OCH3 is 1. The largest absolute Gasteiger partial charge is 0.481 e. The number of carbonyl (C=O) groups is 1. The van der Waals surface area contributed by atoms with E-state index in [1.54, 1.807) is 24.6 Å². The summed E-state index contributed by atoms with van der Waals surface area (Å²) in [6.07, 6.45) is 3.79. The van der Waals surface area contributed by atoms with E-state index in [2.05, 4.69) is 36.9 Å². The predicted molar refractivity (Wildman–Crippen MR) is 108 cm³/mol. The number of rotatable bonds is 5. The van der Waals surface area contributed by atoms with Gasteiger partial charge < -0.3 is 14.2 Å². The first-order valence-electron chi connectivity index (χ1n) is 9.45. The minimum Gasteiger partial charge on any atom is -0.481 e. The van der Waals surface area contributed by atoms with E-state index in [0.717, 1.165) is 30.9 Å². The average Bonchev–Trinajstić information content (AvgIpc) is 3.45. The van der Waals surface area contributed by atoms with Gasteiger partial charge in [-0.2, -0.15) is 0 Å². The van der Waals surface area contributed by atoms with Crippen molar-refractivity contribution < 1.29 is 9.53 Å². The Bertz CT molecular complexity index is 984. The van der Waals surface area contributed by atoms with Gasteiger partial charge in [0.2, 0.25) is 5.88 Å². The highest BCUT2D eigenvalue weighted by Gasteiger charge is 2.45. The van der Waals surface area contributed by atoms with Crippen LogP contribution >= 0.6 is 11.3 Å².